The van der Waals surface area contributed by atoms with E-state index in [-0.39, 0.29) is 28.7 Å². The van der Waals surface area contributed by atoms with E-state index < -0.39 is 52.9 Å². The molecule has 3 aromatic carbocycles. The van der Waals surface area contributed by atoms with Crippen LogP contribution >= 0.6 is 34.7 Å². The summed E-state index contributed by atoms with van der Waals surface area (Å²) in [5.41, 5.74) is 1.17. The number of benzene rings is 3. The van der Waals surface area contributed by atoms with Crippen molar-refractivity contribution < 1.29 is 33.9 Å². The number of carboxylic acid groups (broad SMARTS) is 1. The number of hydrogen-bond acceptors (Lipinski definition) is 11. The Hall–Kier alpha value is -5.18. The van der Waals surface area contributed by atoms with Gasteiger partial charge in [0.15, 0.2) is 10.8 Å². The molecule has 2 aliphatic heterocycles. The fourth-order valence-corrected chi connectivity index (χ4v) is 8.53. The molecule has 12 nitrogen and oxygen atoms in total. The highest BCUT2D eigenvalue weighted by molar-refractivity contribution is 8.00. The molecule has 3 heterocycles. The number of carboxylic acids is 1. The van der Waals surface area contributed by atoms with Crippen molar-refractivity contribution in [1.82, 2.24) is 15.2 Å². The molecular weight excluding hydrogens is 738 g/mol. The molecule has 0 radical (unpaired) electrons. The van der Waals surface area contributed by atoms with E-state index in [4.69, 9.17) is 26.2 Å². The zero-order chi connectivity index (χ0) is 37.8. The first-order valence-electron chi connectivity index (χ1n) is 16.5. The van der Waals surface area contributed by atoms with Crippen molar-refractivity contribution in [2.24, 2.45) is 5.16 Å². The number of halogens is 1. The second-order valence-corrected chi connectivity index (χ2v) is 15.3. The van der Waals surface area contributed by atoms with Crippen molar-refractivity contribution in [2.75, 3.05) is 23.6 Å². The molecule has 0 saturated carbocycles. The number of anilines is 1. The van der Waals surface area contributed by atoms with Gasteiger partial charge < -0.3 is 25.3 Å². The van der Waals surface area contributed by atoms with Gasteiger partial charge >= 0.3 is 11.9 Å². The van der Waals surface area contributed by atoms with E-state index in [2.05, 4.69) is 15.8 Å². The van der Waals surface area contributed by atoms with Crippen LogP contribution in [-0.4, -0.2) is 79.7 Å². The highest BCUT2D eigenvalue weighted by Crippen LogP contribution is 2.42. The molecule has 2 amide bonds. The molecule has 6 rings (SSSR count). The van der Waals surface area contributed by atoms with Crippen LogP contribution in [0.1, 0.15) is 43.2 Å². The zero-order valence-corrected chi connectivity index (χ0v) is 31.3. The van der Waals surface area contributed by atoms with Crippen LogP contribution in [0.2, 0.25) is 0 Å². The predicted molar refractivity (Wildman–Crippen MR) is 204 cm³/mol. The number of esters is 1. The monoisotopic (exact) mass is 773 g/mol. The average Bonchev–Trinajstić information content (AvgIpc) is 3.61. The maximum atomic E-state index is 13.9. The Kier molecular flexibility index (Phi) is 11.2. The molecule has 274 valence electrons. The van der Waals surface area contributed by atoms with Gasteiger partial charge in [0, 0.05) is 17.0 Å². The van der Waals surface area contributed by atoms with Crippen molar-refractivity contribution in [3.63, 3.8) is 0 Å². The number of oxime groups is 1. The molecular formula is C38H36ClN5O7S2. The summed E-state index contributed by atoms with van der Waals surface area (Å²) < 4.78 is 5.31. The lowest BCUT2D eigenvalue weighted by Crippen LogP contribution is -2.71. The molecule has 2 aliphatic rings. The largest absolute Gasteiger partial charge is 0.477 e. The van der Waals surface area contributed by atoms with E-state index in [1.807, 2.05) is 91.0 Å². The van der Waals surface area contributed by atoms with Gasteiger partial charge in [0.25, 0.3) is 11.8 Å². The van der Waals surface area contributed by atoms with Gasteiger partial charge in [-0.25, -0.2) is 14.6 Å². The molecule has 53 heavy (non-hydrogen) atoms. The maximum absolute atomic E-state index is 13.9. The number of rotatable bonds is 13. The number of carbonyl (C=O) groups excluding carboxylic acids is 3. The zero-order valence-electron chi connectivity index (χ0n) is 28.9. The number of nitrogens with zero attached hydrogens (tertiary/aromatic N) is 3. The summed E-state index contributed by atoms with van der Waals surface area (Å²) in [6.07, 6.45) is 0. The number of aliphatic carboxylic acids is 1. The van der Waals surface area contributed by atoms with E-state index >= 15 is 0 Å². The van der Waals surface area contributed by atoms with Gasteiger partial charge in [0.2, 0.25) is 6.61 Å². The van der Waals surface area contributed by atoms with Crippen LogP contribution in [0.25, 0.3) is 0 Å². The number of β-lactam (4-membered cyclic amide) rings is 1. The number of nitrogens with one attached hydrogen (secondary N) is 2. The van der Waals surface area contributed by atoms with Crippen molar-refractivity contribution >= 4 is 69.3 Å². The van der Waals surface area contributed by atoms with E-state index in [1.165, 1.54) is 23.1 Å². The molecule has 0 aliphatic carbocycles. The van der Waals surface area contributed by atoms with E-state index in [1.54, 1.807) is 26.2 Å². The number of aromatic nitrogens is 1. The maximum Gasteiger partial charge on any atom is 0.352 e. The molecule has 0 spiro atoms. The Morgan fingerprint density at radius 3 is 2.04 bits per heavy atom. The van der Waals surface area contributed by atoms with Crippen LogP contribution < -0.4 is 10.6 Å². The lowest BCUT2D eigenvalue weighted by atomic mass is 9.77. The Morgan fingerprint density at radius 2 is 1.53 bits per heavy atom. The smallest absolute Gasteiger partial charge is 0.352 e. The van der Waals surface area contributed by atoms with Crippen LogP contribution in [0.5, 0.6) is 0 Å². The fourth-order valence-electron chi connectivity index (χ4n) is 6.10. The third-order valence-corrected chi connectivity index (χ3v) is 10.8. The third-order valence-electron chi connectivity index (χ3n) is 8.33. The summed E-state index contributed by atoms with van der Waals surface area (Å²) in [7, 11) is 0. The van der Waals surface area contributed by atoms with Gasteiger partial charge in [-0.2, -0.15) is 0 Å². The number of thioether (sulfide) groups is 1. The number of carbonyl (C=O) groups is 4. The van der Waals surface area contributed by atoms with Crippen molar-refractivity contribution in [2.45, 2.75) is 43.3 Å². The molecule has 2 atom stereocenters. The Bertz CT molecular complexity index is 1960. The predicted octanol–water partition coefficient (Wildman–Crippen LogP) is 5.59. The van der Waals surface area contributed by atoms with Gasteiger partial charge in [0.1, 0.15) is 33.9 Å². The minimum atomic E-state index is -1.28. The summed E-state index contributed by atoms with van der Waals surface area (Å²) in [6.45, 7) is 4.53. The number of hydrogen-bond donors (Lipinski definition) is 3. The highest BCUT2D eigenvalue weighted by atomic mass is 35.5. The second kappa shape index (κ2) is 15.8. The van der Waals surface area contributed by atoms with Crippen molar-refractivity contribution in [3.05, 3.63) is 130 Å². The average molecular weight is 774 g/mol. The van der Waals surface area contributed by atoms with Crippen LogP contribution in [-0.2, 0) is 34.3 Å². The summed E-state index contributed by atoms with van der Waals surface area (Å²) in [5, 5.41) is 21.5. The van der Waals surface area contributed by atoms with E-state index in [0.717, 1.165) is 21.6 Å². The third kappa shape index (κ3) is 7.94. The van der Waals surface area contributed by atoms with Crippen LogP contribution in [0.3, 0.4) is 0 Å². The molecule has 3 N–H and O–H groups in total. The summed E-state index contributed by atoms with van der Waals surface area (Å²) in [6, 6.07) is 28.7. The van der Waals surface area contributed by atoms with Gasteiger partial charge in [-0.15, -0.1) is 34.7 Å². The first-order valence-corrected chi connectivity index (χ1v) is 19.0. The Morgan fingerprint density at radius 1 is 0.962 bits per heavy atom. The van der Waals surface area contributed by atoms with Gasteiger partial charge in [0.05, 0.1) is 0 Å². The van der Waals surface area contributed by atoms with Crippen LogP contribution in [0, 0.1) is 0 Å². The molecule has 1 fully saturated rings. The lowest BCUT2D eigenvalue weighted by molar-refractivity contribution is -0.160. The molecule has 0 bridgehead atoms. The minimum absolute atomic E-state index is 0.0474. The minimum Gasteiger partial charge on any atom is -0.477 e. The van der Waals surface area contributed by atoms with Crippen LogP contribution in [0.4, 0.5) is 5.13 Å². The normalized spacial score (nSPS) is 17.4. The first-order chi connectivity index (χ1) is 25.4. The number of ether oxygens (including phenoxy) is 1. The first kappa shape index (κ1) is 37.6. The molecule has 1 aromatic heterocycles. The molecule has 1 unspecified atom stereocenters. The van der Waals surface area contributed by atoms with Gasteiger partial charge in [-0.1, -0.05) is 96.2 Å². The van der Waals surface area contributed by atoms with E-state index in [0.29, 0.717) is 10.7 Å². The molecule has 15 heteroatoms. The molecule has 1 saturated heterocycles. The number of amides is 2. The SMILES string of the molecule is CC(C)(C)OC(=O)CO/N=C(\C(=O)NC1C(=O)N2C(C(=O)O)=C(CCl)CS[C@@H]12)c1csc(NC(c2ccccc2)(c2ccccc2)c2ccccc2)n1. The standard InChI is InChI=1S/C38H36ClN5O7S2/c1-37(2,3)51-28(45)20-50-43-29(32(46)41-30-33(47)44-31(35(48)49)23(19-39)21-52-34(30)44)27-22-53-36(40-27)42-38(24-13-7-4-8-14-24,25-15-9-5-10-16-25)26-17-11-6-12-18-26/h4-18,22,30,34H,19-21H2,1-3H3,(H,40,42)(H,41,46)(H,48,49)/b43-29-/t30?,34-/m0/s1. The molecule has 4 aromatic rings. The Labute approximate surface area is 319 Å². The topological polar surface area (TPSA) is 160 Å². The number of thiazole rings is 1. The number of alkyl halides is 1. The summed E-state index contributed by atoms with van der Waals surface area (Å²) >= 11 is 8.48. The summed E-state index contributed by atoms with van der Waals surface area (Å²) in [5.74, 6) is -3.17. The van der Waals surface area contributed by atoms with Crippen LogP contribution in [0.15, 0.2) is 113 Å². The van der Waals surface area contributed by atoms with Gasteiger partial charge in [-0.3, -0.25) is 14.5 Å². The van der Waals surface area contributed by atoms with Crippen molar-refractivity contribution in [3.8, 4) is 0 Å². The second-order valence-electron chi connectivity index (χ2n) is 13.1. The van der Waals surface area contributed by atoms with E-state index in [9.17, 15) is 24.3 Å². The van der Waals surface area contributed by atoms with Crippen molar-refractivity contribution in [1.29, 1.82) is 0 Å². The number of fused-ring (bicyclic) bond motifs is 1. The highest BCUT2D eigenvalue weighted by Gasteiger charge is 2.54. The lowest BCUT2D eigenvalue weighted by Gasteiger charge is -2.49. The van der Waals surface area contributed by atoms with Gasteiger partial charge in [-0.05, 0) is 43.0 Å². The quantitative estimate of drug-likeness (QED) is 0.0391. The summed E-state index contributed by atoms with van der Waals surface area (Å²) in [4.78, 5) is 62.9. The Balaban J connectivity index is 1.34. The fraction of sp³-hybridized carbons (Fsp3) is 0.263.